The van der Waals surface area contributed by atoms with Gasteiger partial charge in [-0.2, -0.15) is 18.2 Å². The average Bonchev–Trinajstić information content (AvgIpc) is 3.45. The third kappa shape index (κ3) is 9.21. The Kier molecular flexibility index (Phi) is 11.7. The van der Waals surface area contributed by atoms with Crippen molar-refractivity contribution in [1.82, 2.24) is 14.1 Å². The van der Waals surface area contributed by atoms with Crippen molar-refractivity contribution in [2.24, 2.45) is 10.9 Å². The number of halogens is 5. The molecule has 11 nitrogen and oxygen atoms in total. The van der Waals surface area contributed by atoms with E-state index in [-0.39, 0.29) is 16.7 Å². The van der Waals surface area contributed by atoms with Crippen molar-refractivity contribution in [3.05, 3.63) is 76.6 Å². The number of alkyl halides is 3. The fourth-order valence-electron chi connectivity index (χ4n) is 8.32. The van der Waals surface area contributed by atoms with Gasteiger partial charge in [0.1, 0.15) is 23.4 Å². The van der Waals surface area contributed by atoms with E-state index in [9.17, 15) is 43.6 Å². The number of sulfonamides is 1. The van der Waals surface area contributed by atoms with Gasteiger partial charge in [0.05, 0.1) is 11.2 Å². The highest BCUT2D eigenvalue weighted by molar-refractivity contribution is 7.90. The summed E-state index contributed by atoms with van der Waals surface area (Å²) in [7, 11) is -6.72. The second-order valence-electron chi connectivity index (χ2n) is 14.8. The number of rotatable bonds is 11. The summed E-state index contributed by atoms with van der Waals surface area (Å²) in [5, 5.41) is 0. The zero-order valence-electron chi connectivity index (χ0n) is 30.1. The Bertz CT molecular complexity index is 1980. The van der Waals surface area contributed by atoms with E-state index in [1.54, 1.807) is 12.1 Å². The van der Waals surface area contributed by atoms with Crippen LogP contribution in [0.3, 0.4) is 0 Å². The van der Waals surface area contributed by atoms with E-state index < -0.39 is 54.3 Å². The molecule has 0 aromatic heterocycles. The Morgan fingerprint density at radius 3 is 2.11 bits per heavy atom. The molecule has 0 N–H and O–H groups in total. The van der Waals surface area contributed by atoms with Gasteiger partial charge in [-0.15, -0.1) is 0 Å². The van der Waals surface area contributed by atoms with Crippen molar-refractivity contribution >= 4 is 32.2 Å². The van der Waals surface area contributed by atoms with E-state index in [0.29, 0.717) is 108 Å². The predicted molar refractivity (Wildman–Crippen MR) is 190 cm³/mol. The Morgan fingerprint density at radius 2 is 1.54 bits per heavy atom. The second kappa shape index (κ2) is 15.7. The molecule has 0 saturated carbocycles. The first-order valence-corrected chi connectivity index (χ1v) is 21.7. The van der Waals surface area contributed by atoms with Gasteiger partial charge in [-0.05, 0) is 73.0 Å². The van der Waals surface area contributed by atoms with Crippen LogP contribution in [0.5, 0.6) is 0 Å². The summed E-state index contributed by atoms with van der Waals surface area (Å²) in [6, 6.07) is 9.43. The molecule has 1 unspecified atom stereocenters. The molecule has 2 atom stereocenters. The molecule has 2 aromatic rings. The van der Waals surface area contributed by atoms with Crippen LogP contribution in [0.25, 0.3) is 0 Å². The summed E-state index contributed by atoms with van der Waals surface area (Å²) in [6.45, 7) is 3.30. The monoisotopic (exact) mass is 802 g/mol. The number of benzene rings is 2. The first-order chi connectivity index (χ1) is 25.3. The number of nitrogens with zero attached hydrogens (tertiary/aromatic N) is 5. The van der Waals surface area contributed by atoms with Crippen LogP contribution < -0.4 is 0 Å². The molecule has 296 valence electrons. The van der Waals surface area contributed by atoms with Gasteiger partial charge in [0.2, 0.25) is 16.4 Å². The SMILES string of the molecule is CS(=O)(=O)c1ccc(CN2CCC3=C(C2)N=C[N+]3(OC(=O)C(F)(F)F)C2CCN(CC[C@@H](c3cc(F)cc(F)c3)C3CCN(S(C)(=O)=O)CC3)CC2)cc1. The van der Waals surface area contributed by atoms with Gasteiger partial charge in [0.15, 0.2) is 15.5 Å². The molecule has 6 rings (SSSR count). The summed E-state index contributed by atoms with van der Waals surface area (Å²) in [5.74, 6) is -3.95. The topological polar surface area (TPSA) is 117 Å². The lowest BCUT2D eigenvalue weighted by atomic mass is 9.78. The Hall–Kier alpha value is -3.29. The number of hydrogen-bond donors (Lipinski definition) is 0. The van der Waals surface area contributed by atoms with E-state index in [1.807, 2.05) is 4.90 Å². The van der Waals surface area contributed by atoms with Gasteiger partial charge in [-0.3, -0.25) is 9.74 Å². The quantitative estimate of drug-likeness (QED) is 0.231. The maximum atomic E-state index is 14.4. The number of piperidine rings is 2. The molecule has 2 aromatic carbocycles. The van der Waals surface area contributed by atoms with Crippen molar-refractivity contribution in [2.75, 3.05) is 58.3 Å². The zero-order chi connectivity index (χ0) is 39.1. The molecule has 2 saturated heterocycles. The Labute approximate surface area is 312 Å². The molecular weight excluding hydrogens is 758 g/mol. The molecule has 0 amide bonds. The second-order valence-corrected chi connectivity index (χ2v) is 18.8. The lowest BCUT2D eigenvalue weighted by Gasteiger charge is -2.42. The minimum atomic E-state index is -5.22. The van der Waals surface area contributed by atoms with Crippen LogP contribution in [0.15, 0.2) is 63.7 Å². The Balaban J connectivity index is 1.14. The normalized spacial score (nSPS) is 23.5. The zero-order valence-corrected chi connectivity index (χ0v) is 31.8. The molecule has 0 radical (unpaired) electrons. The summed E-state index contributed by atoms with van der Waals surface area (Å²) in [4.78, 5) is 26.6. The van der Waals surface area contributed by atoms with Crippen molar-refractivity contribution < 1.29 is 53.1 Å². The van der Waals surface area contributed by atoms with Crippen LogP contribution in [0.4, 0.5) is 22.0 Å². The van der Waals surface area contributed by atoms with Crippen LogP contribution in [-0.4, -0.2) is 118 Å². The van der Waals surface area contributed by atoms with Crippen molar-refractivity contribution in [1.29, 1.82) is 0 Å². The molecule has 4 aliphatic rings. The first kappa shape index (κ1) is 40.4. The number of hydrogen-bond acceptors (Lipinski definition) is 9. The number of aliphatic imine (C=N–C) groups is 1. The average molecular weight is 803 g/mol. The van der Waals surface area contributed by atoms with E-state index in [0.717, 1.165) is 24.1 Å². The molecular formula is C36H45F5N5O6S2+. The van der Waals surface area contributed by atoms with Gasteiger partial charge in [-0.1, -0.05) is 16.8 Å². The highest BCUT2D eigenvalue weighted by Crippen LogP contribution is 2.41. The molecule has 2 fully saturated rings. The minimum absolute atomic E-state index is 0.0127. The summed E-state index contributed by atoms with van der Waals surface area (Å²) in [6.07, 6.45) is 1.04. The van der Waals surface area contributed by atoms with Crippen molar-refractivity contribution in [2.45, 2.75) is 68.1 Å². The molecule has 4 aliphatic heterocycles. The lowest BCUT2D eigenvalue weighted by Crippen LogP contribution is -2.59. The largest absolute Gasteiger partial charge is 0.497 e. The van der Waals surface area contributed by atoms with Crippen molar-refractivity contribution in [3.63, 3.8) is 0 Å². The minimum Gasteiger partial charge on any atom is -0.303 e. The van der Waals surface area contributed by atoms with E-state index >= 15 is 0 Å². The third-order valence-electron chi connectivity index (χ3n) is 11.1. The summed E-state index contributed by atoms with van der Waals surface area (Å²) >= 11 is 0. The molecule has 0 spiro atoms. The number of carbonyl (C=O) groups is 1. The molecule has 4 heterocycles. The Morgan fingerprint density at radius 1 is 0.907 bits per heavy atom. The maximum Gasteiger partial charge on any atom is 0.497 e. The van der Waals surface area contributed by atoms with Crippen molar-refractivity contribution in [3.8, 4) is 0 Å². The number of sulfone groups is 1. The number of carbonyl (C=O) groups excluding carboxylic acids is 1. The van der Waals surface area contributed by atoms with Gasteiger partial charge < -0.3 is 4.90 Å². The highest BCUT2D eigenvalue weighted by atomic mass is 32.2. The fraction of sp³-hybridized carbons (Fsp3) is 0.556. The lowest BCUT2D eigenvalue weighted by molar-refractivity contribution is -1.00. The van der Waals surface area contributed by atoms with Crippen LogP contribution in [0.2, 0.25) is 0 Å². The number of likely N-dealkylation sites (tertiary alicyclic amines) is 1. The van der Waals surface area contributed by atoms with E-state index in [4.69, 9.17) is 4.84 Å². The highest BCUT2D eigenvalue weighted by Gasteiger charge is 2.56. The molecule has 0 aliphatic carbocycles. The molecule has 54 heavy (non-hydrogen) atoms. The summed E-state index contributed by atoms with van der Waals surface area (Å²) < 4.78 is 118. The third-order valence-corrected chi connectivity index (χ3v) is 13.5. The van der Waals surface area contributed by atoms with Crippen LogP contribution in [-0.2, 0) is 36.0 Å². The molecule has 0 bridgehead atoms. The predicted octanol–water partition coefficient (Wildman–Crippen LogP) is 4.97. The van der Waals surface area contributed by atoms with Crippen LogP contribution in [0.1, 0.15) is 55.6 Å². The van der Waals surface area contributed by atoms with Crippen LogP contribution >= 0.6 is 0 Å². The number of quaternary nitrogens is 1. The summed E-state index contributed by atoms with van der Waals surface area (Å²) in [5.41, 5.74) is 2.39. The number of hydroxylamine groups is 3. The van der Waals surface area contributed by atoms with Crippen LogP contribution in [0, 0.1) is 17.6 Å². The fourth-order valence-corrected chi connectivity index (χ4v) is 9.83. The van der Waals surface area contributed by atoms with E-state index in [2.05, 4.69) is 9.89 Å². The smallest absolute Gasteiger partial charge is 0.303 e. The van der Waals surface area contributed by atoms with Gasteiger partial charge in [0, 0.05) is 77.4 Å². The molecule has 18 heteroatoms. The maximum absolute atomic E-state index is 14.4. The standard InChI is InChI=1S/C36H45F5N5O6S2/c1-53(48,49)31-5-3-25(4-6-31)22-44-16-12-34-33(23-44)42-24-46(34,52-35(47)36(39,40)41)30-9-13-43(14-10-30)15-11-32(27-19-28(37)21-29(38)20-27)26-7-17-45(18-8-26)54(2,50)51/h3-6,19-21,24,26,30,32H,7-18,22-23H2,1-2H3/q+1/t32-,46?/m1/s1. The van der Waals surface area contributed by atoms with E-state index in [1.165, 1.54) is 34.9 Å². The van der Waals surface area contributed by atoms with Gasteiger partial charge in [-0.25, -0.2) is 34.7 Å². The van der Waals surface area contributed by atoms with Gasteiger partial charge >= 0.3 is 12.1 Å². The first-order valence-electron chi connectivity index (χ1n) is 17.9. The van der Waals surface area contributed by atoms with Gasteiger partial charge in [0.25, 0.3) is 0 Å².